The summed E-state index contributed by atoms with van der Waals surface area (Å²) in [4.78, 5) is 37.8. The van der Waals surface area contributed by atoms with Gasteiger partial charge in [-0.2, -0.15) is 5.10 Å². The zero-order valence-corrected chi connectivity index (χ0v) is 18.0. The van der Waals surface area contributed by atoms with Crippen LogP contribution in [-0.4, -0.2) is 27.4 Å². The highest BCUT2D eigenvalue weighted by atomic mass is 16.2. The summed E-state index contributed by atoms with van der Waals surface area (Å²) >= 11 is 0. The molecule has 1 heterocycles. The number of Topliss-reactive ketones (excluding diaryl/α,β-unsaturated/α-hetero) is 1. The van der Waals surface area contributed by atoms with E-state index in [2.05, 4.69) is 10.4 Å². The first-order chi connectivity index (χ1) is 15.4. The third-order valence-corrected chi connectivity index (χ3v) is 5.98. The molecule has 0 spiro atoms. The molecule has 0 bridgehead atoms. The molecule has 0 aliphatic heterocycles. The van der Waals surface area contributed by atoms with Gasteiger partial charge in [-0.3, -0.25) is 14.4 Å². The standard InChI is InChI=1S/C25H26N4O3/c1-16-14-27-29(15-16)20-11-9-17(10-12-20)23(30)21-7-2-3-8-22(21)25(32)28-19-6-4-5-18(13-19)24(26)31/h4-6,9-15,21-22H,2-3,7-8H2,1H3,(H2,26,31)(H,28,32)/t21-,22-/m1/s1. The van der Waals surface area contributed by atoms with Gasteiger partial charge in [0.05, 0.1) is 11.9 Å². The topological polar surface area (TPSA) is 107 Å². The summed E-state index contributed by atoms with van der Waals surface area (Å²) in [6.07, 6.45) is 6.86. The molecule has 1 aliphatic carbocycles. The van der Waals surface area contributed by atoms with Gasteiger partial charge in [0.25, 0.3) is 0 Å². The maximum Gasteiger partial charge on any atom is 0.248 e. The SMILES string of the molecule is Cc1cnn(-c2ccc(C(=O)[C@@H]3CCCC[C@H]3C(=O)Nc3cccc(C(N)=O)c3)cc2)c1. The van der Waals surface area contributed by atoms with Crippen molar-refractivity contribution >= 4 is 23.3 Å². The molecule has 3 N–H and O–H groups in total. The van der Waals surface area contributed by atoms with Crippen molar-refractivity contribution in [3.05, 3.63) is 77.6 Å². The van der Waals surface area contributed by atoms with E-state index in [9.17, 15) is 14.4 Å². The lowest BCUT2D eigenvalue weighted by molar-refractivity contribution is -0.122. The van der Waals surface area contributed by atoms with Gasteiger partial charge >= 0.3 is 0 Å². The molecule has 7 heteroatoms. The van der Waals surface area contributed by atoms with Crippen LogP contribution in [0.15, 0.2) is 60.9 Å². The van der Waals surface area contributed by atoms with E-state index in [0.29, 0.717) is 29.7 Å². The number of aryl methyl sites for hydroxylation is 1. The summed E-state index contributed by atoms with van der Waals surface area (Å²) in [7, 11) is 0. The Bertz CT molecular complexity index is 1150. The van der Waals surface area contributed by atoms with Crippen LogP contribution in [0.3, 0.4) is 0 Å². The number of aromatic nitrogens is 2. The molecule has 1 saturated carbocycles. The summed E-state index contributed by atoms with van der Waals surface area (Å²) in [6.45, 7) is 1.97. The fourth-order valence-electron chi connectivity index (χ4n) is 4.29. The minimum atomic E-state index is -0.555. The van der Waals surface area contributed by atoms with E-state index >= 15 is 0 Å². The van der Waals surface area contributed by atoms with Crippen LogP contribution < -0.4 is 11.1 Å². The minimum absolute atomic E-state index is 0.0149. The molecule has 1 fully saturated rings. The van der Waals surface area contributed by atoms with Crippen LogP contribution in [0.25, 0.3) is 5.69 Å². The molecule has 3 aromatic rings. The average molecular weight is 431 g/mol. The number of nitrogens with zero attached hydrogens (tertiary/aromatic N) is 2. The summed E-state index contributed by atoms with van der Waals surface area (Å²) in [5, 5.41) is 7.16. The Morgan fingerprint density at radius 3 is 2.38 bits per heavy atom. The Balaban J connectivity index is 1.50. The summed E-state index contributed by atoms with van der Waals surface area (Å²) in [5.74, 6) is -1.56. The fourth-order valence-corrected chi connectivity index (χ4v) is 4.29. The molecule has 2 amide bonds. The van der Waals surface area contributed by atoms with Gasteiger partial charge in [-0.25, -0.2) is 4.68 Å². The third kappa shape index (κ3) is 4.61. The number of nitrogens with two attached hydrogens (primary N) is 1. The molecule has 2 atom stereocenters. The van der Waals surface area contributed by atoms with Gasteiger partial charge in [-0.15, -0.1) is 0 Å². The van der Waals surface area contributed by atoms with Crippen LogP contribution in [0.1, 0.15) is 52.0 Å². The van der Waals surface area contributed by atoms with Crippen molar-refractivity contribution in [2.24, 2.45) is 17.6 Å². The first-order valence-electron chi connectivity index (χ1n) is 10.8. The minimum Gasteiger partial charge on any atom is -0.366 e. The zero-order chi connectivity index (χ0) is 22.7. The van der Waals surface area contributed by atoms with Crippen molar-refractivity contribution in [1.29, 1.82) is 0 Å². The largest absolute Gasteiger partial charge is 0.366 e. The van der Waals surface area contributed by atoms with Gasteiger partial charge in [0.2, 0.25) is 11.8 Å². The van der Waals surface area contributed by atoms with Crippen LogP contribution in [-0.2, 0) is 4.79 Å². The number of nitrogens with one attached hydrogen (secondary N) is 1. The van der Waals surface area contributed by atoms with Crippen molar-refractivity contribution in [2.75, 3.05) is 5.32 Å². The van der Waals surface area contributed by atoms with E-state index < -0.39 is 11.8 Å². The van der Waals surface area contributed by atoms with Crippen LogP contribution in [0.4, 0.5) is 5.69 Å². The van der Waals surface area contributed by atoms with Crippen LogP contribution in [0, 0.1) is 18.8 Å². The highest BCUT2D eigenvalue weighted by Gasteiger charge is 2.36. The molecule has 164 valence electrons. The van der Waals surface area contributed by atoms with Crippen molar-refractivity contribution in [2.45, 2.75) is 32.6 Å². The number of benzene rings is 2. The molecule has 4 rings (SSSR count). The fraction of sp³-hybridized carbons (Fsp3) is 0.280. The summed E-state index contributed by atoms with van der Waals surface area (Å²) in [5.41, 5.74) is 8.69. The number of hydrogen-bond donors (Lipinski definition) is 2. The molecular weight excluding hydrogens is 404 g/mol. The van der Waals surface area contributed by atoms with E-state index in [1.165, 1.54) is 0 Å². The number of rotatable bonds is 6. The van der Waals surface area contributed by atoms with Crippen molar-refractivity contribution in [1.82, 2.24) is 9.78 Å². The second-order valence-corrected chi connectivity index (χ2v) is 8.31. The predicted octanol–water partition coefficient (Wildman–Crippen LogP) is 3.91. The van der Waals surface area contributed by atoms with Gasteiger partial charge in [0.15, 0.2) is 5.78 Å². The normalized spacial score (nSPS) is 18.2. The molecule has 7 nitrogen and oxygen atoms in total. The van der Waals surface area contributed by atoms with Gasteiger partial charge in [0, 0.05) is 34.8 Å². The summed E-state index contributed by atoms with van der Waals surface area (Å²) < 4.78 is 1.76. The Morgan fingerprint density at radius 1 is 1.00 bits per heavy atom. The molecule has 0 saturated heterocycles. The Hall–Kier alpha value is -3.74. The highest BCUT2D eigenvalue weighted by Crippen LogP contribution is 2.34. The predicted molar refractivity (Wildman–Crippen MR) is 122 cm³/mol. The Labute approximate surface area is 186 Å². The lowest BCUT2D eigenvalue weighted by Crippen LogP contribution is -2.36. The van der Waals surface area contributed by atoms with E-state index in [1.54, 1.807) is 47.3 Å². The number of carbonyl (C=O) groups is 3. The first kappa shape index (κ1) is 21.5. The van der Waals surface area contributed by atoms with E-state index in [4.69, 9.17) is 5.73 Å². The van der Waals surface area contributed by atoms with E-state index in [1.807, 2.05) is 25.3 Å². The van der Waals surface area contributed by atoms with Gasteiger partial charge in [-0.05, 0) is 67.8 Å². The smallest absolute Gasteiger partial charge is 0.248 e. The molecule has 1 aliphatic rings. The number of primary amides is 1. The first-order valence-corrected chi connectivity index (χ1v) is 10.8. The molecule has 1 aromatic heterocycles. The van der Waals surface area contributed by atoms with Crippen molar-refractivity contribution < 1.29 is 14.4 Å². The van der Waals surface area contributed by atoms with Gasteiger partial charge in [0.1, 0.15) is 0 Å². The van der Waals surface area contributed by atoms with Crippen molar-refractivity contribution in [3.63, 3.8) is 0 Å². The molecule has 32 heavy (non-hydrogen) atoms. The maximum absolute atomic E-state index is 13.3. The average Bonchev–Trinajstić information content (AvgIpc) is 3.25. The number of ketones is 1. The Morgan fingerprint density at radius 2 is 1.72 bits per heavy atom. The monoisotopic (exact) mass is 430 g/mol. The molecule has 2 aromatic carbocycles. The zero-order valence-electron chi connectivity index (χ0n) is 18.0. The van der Waals surface area contributed by atoms with E-state index in [-0.39, 0.29) is 17.6 Å². The Kier molecular flexibility index (Phi) is 6.16. The quantitative estimate of drug-likeness (QED) is 0.578. The highest BCUT2D eigenvalue weighted by molar-refractivity contribution is 6.03. The number of hydrogen-bond acceptors (Lipinski definition) is 4. The third-order valence-electron chi connectivity index (χ3n) is 5.98. The van der Waals surface area contributed by atoms with Gasteiger partial charge in [-0.1, -0.05) is 18.9 Å². The summed E-state index contributed by atoms with van der Waals surface area (Å²) in [6, 6.07) is 13.9. The maximum atomic E-state index is 13.3. The number of anilines is 1. The van der Waals surface area contributed by atoms with Crippen molar-refractivity contribution in [3.8, 4) is 5.69 Å². The second-order valence-electron chi connectivity index (χ2n) is 8.31. The van der Waals surface area contributed by atoms with Crippen LogP contribution in [0.5, 0.6) is 0 Å². The van der Waals surface area contributed by atoms with E-state index in [0.717, 1.165) is 24.1 Å². The number of carbonyl (C=O) groups excluding carboxylic acids is 3. The van der Waals surface area contributed by atoms with Gasteiger partial charge < -0.3 is 11.1 Å². The molecule has 0 radical (unpaired) electrons. The van der Waals surface area contributed by atoms with Crippen LogP contribution in [0.2, 0.25) is 0 Å². The second kappa shape index (κ2) is 9.18. The lowest BCUT2D eigenvalue weighted by Gasteiger charge is -2.29. The van der Waals surface area contributed by atoms with Crippen LogP contribution >= 0.6 is 0 Å². The molecule has 0 unspecified atom stereocenters. The number of amides is 2. The lowest BCUT2D eigenvalue weighted by atomic mass is 9.75. The molecular formula is C25H26N4O3.